The summed E-state index contributed by atoms with van der Waals surface area (Å²) in [5.41, 5.74) is 7.53. The molecule has 0 fully saturated rings. The minimum Gasteiger partial charge on any atom is -0.369 e. The fourth-order valence-electron chi connectivity index (χ4n) is 1.57. The van der Waals surface area contributed by atoms with E-state index < -0.39 is 10.8 Å². The highest BCUT2D eigenvalue weighted by molar-refractivity contribution is 7.84. The van der Waals surface area contributed by atoms with E-state index >= 15 is 0 Å². The van der Waals surface area contributed by atoms with Crippen molar-refractivity contribution in [1.82, 2.24) is 14.5 Å². The summed E-state index contributed by atoms with van der Waals surface area (Å²) in [7, 11) is -0.783. The average molecular weight is 238 g/mol. The highest BCUT2D eigenvalue weighted by atomic mass is 32.2. The Morgan fingerprint density at radius 2 is 2.38 bits per heavy atom. The first kappa shape index (κ1) is 11.1. The van der Waals surface area contributed by atoms with Gasteiger partial charge in [0.2, 0.25) is 5.95 Å². The maximum Gasteiger partial charge on any atom is 0.201 e. The number of aromatic nitrogens is 3. The third-order valence-corrected chi connectivity index (χ3v) is 3.73. The third kappa shape index (κ3) is 2.06. The number of rotatable bonds is 4. The molecule has 0 saturated carbocycles. The van der Waals surface area contributed by atoms with Crippen molar-refractivity contribution >= 4 is 27.8 Å². The van der Waals surface area contributed by atoms with Crippen LogP contribution in [0.4, 0.5) is 5.95 Å². The van der Waals surface area contributed by atoms with Crippen LogP contribution in [0.1, 0.15) is 6.92 Å². The summed E-state index contributed by atoms with van der Waals surface area (Å²) in [6.07, 6.45) is 3.38. The van der Waals surface area contributed by atoms with Crippen LogP contribution in [-0.4, -0.2) is 30.2 Å². The van der Waals surface area contributed by atoms with E-state index in [9.17, 15) is 4.21 Å². The van der Waals surface area contributed by atoms with Gasteiger partial charge >= 0.3 is 0 Å². The van der Waals surface area contributed by atoms with Crippen molar-refractivity contribution in [3.63, 3.8) is 0 Å². The average Bonchev–Trinajstić information content (AvgIpc) is 2.62. The molecule has 0 amide bonds. The molecule has 0 aliphatic rings. The second-order valence-electron chi connectivity index (χ2n) is 3.42. The summed E-state index contributed by atoms with van der Waals surface area (Å²) in [4.78, 5) is 8.18. The Morgan fingerprint density at radius 3 is 3.12 bits per heavy atom. The number of hydrogen-bond donors (Lipinski definition) is 1. The van der Waals surface area contributed by atoms with E-state index in [1.165, 1.54) is 0 Å². The van der Waals surface area contributed by atoms with E-state index in [0.717, 1.165) is 11.0 Å². The van der Waals surface area contributed by atoms with Gasteiger partial charge in [0.15, 0.2) is 0 Å². The second-order valence-corrected chi connectivity index (χ2v) is 5.28. The second kappa shape index (κ2) is 4.61. The van der Waals surface area contributed by atoms with E-state index in [0.29, 0.717) is 24.0 Å². The van der Waals surface area contributed by atoms with Gasteiger partial charge in [-0.2, -0.15) is 0 Å². The smallest absolute Gasteiger partial charge is 0.201 e. The van der Waals surface area contributed by atoms with Gasteiger partial charge in [0.05, 0.1) is 11.7 Å². The number of nitrogens with zero attached hydrogens (tertiary/aromatic N) is 3. The molecule has 0 spiro atoms. The van der Waals surface area contributed by atoms with Crippen molar-refractivity contribution in [3.05, 3.63) is 18.5 Å². The van der Waals surface area contributed by atoms with Crippen molar-refractivity contribution in [3.8, 4) is 0 Å². The Labute approximate surface area is 96.1 Å². The van der Waals surface area contributed by atoms with Crippen LogP contribution in [0.5, 0.6) is 0 Å². The molecule has 2 heterocycles. The summed E-state index contributed by atoms with van der Waals surface area (Å²) in [5, 5.41) is 0. The highest BCUT2D eigenvalue weighted by Gasteiger charge is 2.08. The van der Waals surface area contributed by atoms with Crippen LogP contribution in [0.3, 0.4) is 0 Å². The summed E-state index contributed by atoms with van der Waals surface area (Å²) < 4.78 is 13.3. The van der Waals surface area contributed by atoms with E-state index in [1.807, 2.05) is 17.6 Å². The van der Waals surface area contributed by atoms with Crippen LogP contribution < -0.4 is 5.73 Å². The molecule has 0 aliphatic carbocycles. The Bertz CT molecular complexity index is 523. The maximum atomic E-state index is 11.4. The molecule has 2 rings (SSSR count). The quantitative estimate of drug-likeness (QED) is 0.854. The Balaban J connectivity index is 2.29. The molecule has 2 aromatic rings. The maximum absolute atomic E-state index is 11.4. The van der Waals surface area contributed by atoms with Crippen LogP contribution in [0.2, 0.25) is 0 Å². The molecule has 16 heavy (non-hydrogen) atoms. The molecular weight excluding hydrogens is 224 g/mol. The number of aryl methyl sites for hydroxylation is 1. The van der Waals surface area contributed by atoms with Crippen molar-refractivity contribution < 1.29 is 4.21 Å². The molecule has 6 heteroatoms. The zero-order valence-electron chi connectivity index (χ0n) is 9.09. The molecule has 86 valence electrons. The van der Waals surface area contributed by atoms with Gasteiger partial charge in [-0.3, -0.25) is 9.19 Å². The van der Waals surface area contributed by atoms with Gasteiger partial charge in [-0.05, 0) is 6.07 Å². The Kier molecular flexibility index (Phi) is 3.19. The first-order chi connectivity index (χ1) is 7.72. The topological polar surface area (TPSA) is 73.8 Å². The van der Waals surface area contributed by atoms with Gasteiger partial charge in [-0.25, -0.2) is 4.98 Å². The van der Waals surface area contributed by atoms with Gasteiger partial charge in [-0.15, -0.1) is 0 Å². The lowest BCUT2D eigenvalue weighted by Crippen LogP contribution is -2.11. The monoisotopic (exact) mass is 238 g/mol. The van der Waals surface area contributed by atoms with Gasteiger partial charge in [0, 0.05) is 35.0 Å². The predicted octanol–water partition coefficient (Wildman–Crippen LogP) is 0.782. The minimum atomic E-state index is -0.783. The predicted molar refractivity (Wildman–Crippen MR) is 65.5 cm³/mol. The van der Waals surface area contributed by atoms with Gasteiger partial charge in [0.1, 0.15) is 5.52 Å². The largest absolute Gasteiger partial charge is 0.369 e. The summed E-state index contributed by atoms with van der Waals surface area (Å²) >= 11 is 0. The zero-order chi connectivity index (χ0) is 11.5. The molecule has 0 aliphatic heterocycles. The fraction of sp³-hybridized carbons (Fsp3) is 0.400. The van der Waals surface area contributed by atoms with Gasteiger partial charge in [0.25, 0.3) is 0 Å². The number of anilines is 1. The van der Waals surface area contributed by atoms with Crippen molar-refractivity contribution in [1.29, 1.82) is 0 Å². The van der Waals surface area contributed by atoms with E-state index in [2.05, 4.69) is 9.97 Å². The summed E-state index contributed by atoms with van der Waals surface area (Å²) in [6.45, 7) is 2.54. The van der Waals surface area contributed by atoms with Gasteiger partial charge < -0.3 is 10.3 Å². The fourth-order valence-corrected chi connectivity index (χ4v) is 2.25. The molecule has 0 radical (unpaired) electrons. The summed E-state index contributed by atoms with van der Waals surface area (Å²) in [5.74, 6) is 1.74. The molecule has 0 aromatic carbocycles. The standard InChI is InChI=1S/C10H14N4OS/c1-2-16(15)6-5-14-9-3-4-12-7-8(9)13-10(14)11/h3-4,7H,2,5-6H2,1H3,(H2,11,13). The third-order valence-electron chi connectivity index (χ3n) is 2.44. The first-order valence-electron chi connectivity index (χ1n) is 5.13. The van der Waals surface area contributed by atoms with Crippen molar-refractivity contribution in [2.75, 3.05) is 17.2 Å². The summed E-state index contributed by atoms with van der Waals surface area (Å²) in [6, 6.07) is 1.87. The highest BCUT2D eigenvalue weighted by Crippen LogP contribution is 2.15. The zero-order valence-corrected chi connectivity index (χ0v) is 9.91. The minimum absolute atomic E-state index is 0.455. The normalized spacial score (nSPS) is 13.1. The van der Waals surface area contributed by atoms with E-state index in [1.54, 1.807) is 12.4 Å². The van der Waals surface area contributed by atoms with Crippen LogP contribution in [0, 0.1) is 0 Å². The number of imidazole rings is 1. The number of fused-ring (bicyclic) bond motifs is 1. The lowest BCUT2D eigenvalue weighted by atomic mass is 10.4. The number of hydrogen-bond acceptors (Lipinski definition) is 4. The number of nitrogens with two attached hydrogens (primary N) is 1. The molecule has 0 bridgehead atoms. The van der Waals surface area contributed by atoms with Crippen LogP contribution in [-0.2, 0) is 17.3 Å². The number of pyridine rings is 1. The first-order valence-corrected chi connectivity index (χ1v) is 6.62. The van der Waals surface area contributed by atoms with Crippen LogP contribution >= 0.6 is 0 Å². The van der Waals surface area contributed by atoms with E-state index in [-0.39, 0.29) is 0 Å². The Hall–Kier alpha value is -1.43. The SMILES string of the molecule is CCS(=O)CCn1c(N)nc2cnccc21. The molecule has 1 unspecified atom stereocenters. The molecule has 5 nitrogen and oxygen atoms in total. The van der Waals surface area contributed by atoms with Crippen LogP contribution in [0.25, 0.3) is 11.0 Å². The van der Waals surface area contributed by atoms with Crippen molar-refractivity contribution in [2.45, 2.75) is 13.5 Å². The Morgan fingerprint density at radius 1 is 1.56 bits per heavy atom. The van der Waals surface area contributed by atoms with Crippen molar-refractivity contribution in [2.24, 2.45) is 0 Å². The van der Waals surface area contributed by atoms with Gasteiger partial charge in [-0.1, -0.05) is 6.92 Å². The lowest BCUT2D eigenvalue weighted by molar-refractivity contribution is 0.677. The number of nitrogen functional groups attached to an aromatic ring is 1. The molecule has 1 atom stereocenters. The molecular formula is C10H14N4OS. The van der Waals surface area contributed by atoms with Crippen LogP contribution in [0.15, 0.2) is 18.5 Å². The lowest BCUT2D eigenvalue weighted by Gasteiger charge is -2.05. The molecule has 2 aromatic heterocycles. The van der Waals surface area contributed by atoms with E-state index in [4.69, 9.17) is 5.73 Å². The molecule has 0 saturated heterocycles. The molecule has 2 N–H and O–H groups in total.